The van der Waals surface area contributed by atoms with Crippen molar-refractivity contribution in [2.24, 2.45) is 0 Å². The summed E-state index contributed by atoms with van der Waals surface area (Å²) in [7, 11) is -1.44. The molecular formula is C8H6ClN5O3S. The quantitative estimate of drug-likeness (QED) is 0.615. The molecule has 18 heavy (non-hydrogen) atoms. The van der Waals surface area contributed by atoms with Crippen LogP contribution < -0.4 is 0 Å². The largest absolute Gasteiger partial charge is 0.313 e. The van der Waals surface area contributed by atoms with E-state index >= 15 is 0 Å². The normalized spacial score (nSPS) is 12.3. The Morgan fingerprint density at radius 3 is 2.89 bits per heavy atom. The zero-order chi connectivity index (χ0) is 13.3. The molecule has 0 aliphatic rings. The maximum absolute atomic E-state index is 11.4. The van der Waals surface area contributed by atoms with E-state index in [2.05, 4.69) is 15.2 Å². The highest BCUT2D eigenvalue weighted by molar-refractivity contribution is 7.84. The first-order valence-electron chi connectivity index (χ1n) is 4.54. The van der Waals surface area contributed by atoms with E-state index in [1.807, 2.05) is 0 Å². The molecule has 0 spiro atoms. The molecule has 0 radical (unpaired) electrons. The summed E-state index contributed by atoms with van der Waals surface area (Å²) in [6.45, 7) is 0. The lowest BCUT2D eigenvalue weighted by atomic mass is 10.4. The molecule has 0 saturated heterocycles. The molecule has 2 heterocycles. The van der Waals surface area contributed by atoms with Crippen LogP contribution in [0, 0.1) is 10.1 Å². The zero-order valence-corrected chi connectivity index (χ0v) is 10.6. The Bertz CT molecular complexity index is 643. The van der Waals surface area contributed by atoms with Gasteiger partial charge < -0.3 is 0 Å². The van der Waals surface area contributed by atoms with Gasteiger partial charge in [-0.05, 0) is 0 Å². The van der Waals surface area contributed by atoms with Crippen LogP contribution in [0.3, 0.4) is 0 Å². The summed E-state index contributed by atoms with van der Waals surface area (Å²) >= 11 is 5.66. The lowest BCUT2D eigenvalue weighted by Crippen LogP contribution is -2.06. The SMILES string of the molecule is C[S@](=O)c1nncn1-c1ncc(Cl)cc1[N+](=O)[O-]. The first-order chi connectivity index (χ1) is 8.50. The van der Waals surface area contributed by atoms with Gasteiger partial charge in [0.25, 0.3) is 0 Å². The van der Waals surface area contributed by atoms with Crippen LogP contribution in [0.4, 0.5) is 5.69 Å². The van der Waals surface area contributed by atoms with E-state index in [1.54, 1.807) is 0 Å². The number of halogens is 1. The molecule has 0 unspecified atom stereocenters. The number of nitrogens with zero attached hydrogens (tertiary/aromatic N) is 5. The second kappa shape index (κ2) is 4.78. The van der Waals surface area contributed by atoms with E-state index in [0.29, 0.717) is 0 Å². The van der Waals surface area contributed by atoms with Crippen molar-refractivity contribution in [2.45, 2.75) is 5.16 Å². The monoisotopic (exact) mass is 287 g/mol. The van der Waals surface area contributed by atoms with Crippen LogP contribution in [-0.2, 0) is 10.8 Å². The maximum atomic E-state index is 11.4. The van der Waals surface area contributed by atoms with Crippen LogP contribution in [0.2, 0.25) is 5.02 Å². The molecule has 1 atom stereocenters. The summed E-state index contributed by atoms with van der Waals surface area (Å²) < 4.78 is 12.6. The van der Waals surface area contributed by atoms with Crippen molar-refractivity contribution in [3.8, 4) is 5.82 Å². The van der Waals surface area contributed by atoms with Gasteiger partial charge in [0.05, 0.1) is 20.7 Å². The molecule has 0 fully saturated rings. The Morgan fingerprint density at radius 1 is 1.56 bits per heavy atom. The van der Waals surface area contributed by atoms with Gasteiger partial charge in [0, 0.05) is 18.5 Å². The Balaban J connectivity index is 2.67. The Morgan fingerprint density at radius 2 is 2.28 bits per heavy atom. The highest BCUT2D eigenvalue weighted by Gasteiger charge is 2.21. The molecule has 2 aromatic heterocycles. The van der Waals surface area contributed by atoms with Crippen molar-refractivity contribution in [1.29, 1.82) is 0 Å². The van der Waals surface area contributed by atoms with Crippen LogP contribution in [0.25, 0.3) is 5.82 Å². The van der Waals surface area contributed by atoms with Crippen molar-refractivity contribution in [1.82, 2.24) is 19.7 Å². The van der Waals surface area contributed by atoms with E-state index < -0.39 is 15.7 Å². The molecule has 10 heteroatoms. The van der Waals surface area contributed by atoms with Crippen molar-refractivity contribution < 1.29 is 9.13 Å². The fourth-order valence-electron chi connectivity index (χ4n) is 1.31. The van der Waals surface area contributed by atoms with Crippen LogP contribution >= 0.6 is 11.6 Å². The number of hydrogen-bond acceptors (Lipinski definition) is 6. The molecule has 0 bridgehead atoms. The average Bonchev–Trinajstić information content (AvgIpc) is 2.77. The minimum atomic E-state index is -1.44. The van der Waals surface area contributed by atoms with Crippen LogP contribution in [0.5, 0.6) is 0 Å². The summed E-state index contributed by atoms with van der Waals surface area (Å²) in [5.41, 5.74) is -0.311. The van der Waals surface area contributed by atoms with E-state index in [9.17, 15) is 14.3 Å². The number of hydrogen-bond donors (Lipinski definition) is 0. The molecule has 94 valence electrons. The molecule has 2 aromatic rings. The summed E-state index contributed by atoms with van der Waals surface area (Å²) in [6, 6.07) is 1.16. The van der Waals surface area contributed by atoms with Crippen LogP contribution in [-0.4, -0.2) is 35.1 Å². The van der Waals surface area contributed by atoms with Crippen LogP contribution in [0.15, 0.2) is 23.7 Å². The average molecular weight is 288 g/mol. The van der Waals surface area contributed by atoms with Gasteiger partial charge in [-0.25, -0.2) is 4.98 Å². The lowest BCUT2D eigenvalue weighted by Gasteiger charge is -2.04. The zero-order valence-electron chi connectivity index (χ0n) is 8.98. The second-order valence-corrected chi connectivity index (χ2v) is 4.90. The smallest absolute Gasteiger partial charge is 0.258 e. The highest BCUT2D eigenvalue weighted by atomic mass is 35.5. The molecule has 0 aromatic carbocycles. The molecular weight excluding hydrogens is 282 g/mol. The molecule has 0 saturated carbocycles. The predicted molar refractivity (Wildman–Crippen MR) is 63.2 cm³/mol. The van der Waals surface area contributed by atoms with Gasteiger partial charge in [-0.15, -0.1) is 10.2 Å². The summed E-state index contributed by atoms with van der Waals surface area (Å²) in [5, 5.41) is 18.3. The number of nitro groups is 1. The van der Waals surface area contributed by atoms with Crippen molar-refractivity contribution in [3.05, 3.63) is 33.7 Å². The molecule has 0 aliphatic heterocycles. The molecule has 0 N–H and O–H groups in total. The van der Waals surface area contributed by atoms with Gasteiger partial charge >= 0.3 is 5.69 Å². The van der Waals surface area contributed by atoms with Crippen molar-refractivity contribution >= 4 is 28.1 Å². The molecule has 0 aliphatic carbocycles. The summed E-state index contributed by atoms with van der Waals surface area (Å²) in [4.78, 5) is 14.2. The summed E-state index contributed by atoms with van der Waals surface area (Å²) in [5.74, 6) is -0.0281. The highest BCUT2D eigenvalue weighted by Crippen LogP contribution is 2.25. The fraction of sp³-hybridized carbons (Fsp3) is 0.125. The van der Waals surface area contributed by atoms with E-state index in [4.69, 9.17) is 11.6 Å². The predicted octanol–water partition coefficient (Wildman–Crippen LogP) is 0.961. The van der Waals surface area contributed by atoms with Gasteiger partial charge in [0.2, 0.25) is 11.0 Å². The van der Waals surface area contributed by atoms with E-state index in [1.165, 1.54) is 23.3 Å². The Labute approximate surface area is 108 Å². The van der Waals surface area contributed by atoms with Gasteiger partial charge in [0.15, 0.2) is 0 Å². The first-order valence-corrected chi connectivity index (χ1v) is 6.48. The third kappa shape index (κ3) is 2.22. The van der Waals surface area contributed by atoms with Gasteiger partial charge in [-0.1, -0.05) is 11.6 Å². The fourth-order valence-corrected chi connectivity index (χ4v) is 2.03. The summed E-state index contributed by atoms with van der Waals surface area (Å²) in [6.07, 6.45) is 3.86. The minimum Gasteiger partial charge on any atom is -0.258 e. The molecule has 8 nitrogen and oxygen atoms in total. The maximum Gasteiger partial charge on any atom is 0.313 e. The number of rotatable bonds is 3. The van der Waals surface area contributed by atoms with Gasteiger partial charge in [0.1, 0.15) is 6.33 Å². The standard InChI is InChI=1S/C8H6ClN5O3S/c1-18(17)8-12-11-4-13(8)7-6(14(15)16)2-5(9)3-10-7/h2-4H,1H3/t18-/m0/s1. The second-order valence-electron chi connectivity index (χ2n) is 3.19. The van der Waals surface area contributed by atoms with Gasteiger partial charge in [-0.3, -0.25) is 18.9 Å². The van der Waals surface area contributed by atoms with E-state index in [0.717, 1.165) is 6.07 Å². The van der Waals surface area contributed by atoms with Crippen molar-refractivity contribution in [3.63, 3.8) is 0 Å². The molecule has 2 rings (SSSR count). The van der Waals surface area contributed by atoms with Crippen LogP contribution in [0.1, 0.15) is 0 Å². The molecule has 0 amide bonds. The van der Waals surface area contributed by atoms with Crippen molar-refractivity contribution in [2.75, 3.05) is 6.26 Å². The number of pyridine rings is 1. The Kier molecular flexibility index (Phi) is 3.34. The minimum absolute atomic E-state index is 0.0281. The topological polar surface area (TPSA) is 104 Å². The number of aromatic nitrogens is 4. The van der Waals surface area contributed by atoms with Gasteiger partial charge in [-0.2, -0.15) is 0 Å². The Hall–Kier alpha value is -1.87. The third-order valence-corrected chi connectivity index (χ3v) is 3.01. The first kappa shape index (κ1) is 12.6. The van der Waals surface area contributed by atoms with E-state index in [-0.39, 0.29) is 21.7 Å². The lowest BCUT2D eigenvalue weighted by molar-refractivity contribution is -0.384. The third-order valence-electron chi connectivity index (χ3n) is 2.01.